The lowest BCUT2D eigenvalue weighted by atomic mass is 10.1. The van der Waals surface area contributed by atoms with E-state index in [9.17, 15) is 4.39 Å². The van der Waals surface area contributed by atoms with E-state index < -0.39 is 5.82 Å². The van der Waals surface area contributed by atoms with E-state index in [1.807, 2.05) is 25.1 Å². The van der Waals surface area contributed by atoms with Gasteiger partial charge in [0.25, 0.3) is 0 Å². The van der Waals surface area contributed by atoms with Gasteiger partial charge in [0.15, 0.2) is 0 Å². The summed E-state index contributed by atoms with van der Waals surface area (Å²) in [6, 6.07) is 8.64. The van der Waals surface area contributed by atoms with Gasteiger partial charge in [0, 0.05) is 17.3 Å². The van der Waals surface area contributed by atoms with Crippen LogP contribution in [-0.4, -0.2) is 15.9 Å². The lowest BCUT2D eigenvalue weighted by Crippen LogP contribution is -2.04. The molecule has 20 heavy (non-hydrogen) atoms. The van der Waals surface area contributed by atoms with Crippen LogP contribution >= 0.6 is 0 Å². The Labute approximate surface area is 116 Å². The second-order valence-electron chi connectivity index (χ2n) is 4.20. The van der Waals surface area contributed by atoms with Crippen LogP contribution in [-0.2, 0) is 6.61 Å². The Morgan fingerprint density at radius 2 is 2.15 bits per heavy atom. The van der Waals surface area contributed by atoms with E-state index in [0.717, 1.165) is 11.8 Å². The van der Waals surface area contributed by atoms with Gasteiger partial charge < -0.3 is 9.94 Å². The minimum absolute atomic E-state index is 0.199. The Kier molecular flexibility index (Phi) is 4.65. The van der Waals surface area contributed by atoms with Crippen molar-refractivity contribution in [2.75, 3.05) is 0 Å². The molecule has 0 spiro atoms. The normalized spacial score (nSPS) is 11.4. The zero-order valence-electron chi connectivity index (χ0n) is 11.1. The van der Waals surface area contributed by atoms with Crippen molar-refractivity contribution in [3.8, 4) is 5.75 Å². The number of hydrogen-bond donors (Lipinski definition) is 1. The summed E-state index contributed by atoms with van der Waals surface area (Å²) < 4.78 is 18.7. The molecule has 0 atom stereocenters. The Hall–Kier alpha value is -2.43. The van der Waals surface area contributed by atoms with Crippen LogP contribution in [0.15, 0.2) is 47.9 Å². The molecule has 0 saturated heterocycles. The number of halogens is 1. The molecule has 104 valence electrons. The first-order chi connectivity index (χ1) is 9.74. The van der Waals surface area contributed by atoms with Gasteiger partial charge in [-0.15, -0.1) is 0 Å². The molecule has 0 unspecified atom stereocenters. The van der Waals surface area contributed by atoms with Crippen LogP contribution < -0.4 is 4.74 Å². The first-order valence-electron chi connectivity index (χ1n) is 6.27. The summed E-state index contributed by atoms with van der Waals surface area (Å²) in [7, 11) is 0. The molecule has 5 heteroatoms. The lowest BCUT2D eigenvalue weighted by Gasteiger charge is -2.11. The maximum absolute atomic E-state index is 13.0. The largest absolute Gasteiger partial charge is 0.488 e. The summed E-state index contributed by atoms with van der Waals surface area (Å²) in [5.41, 5.74) is 1.90. The maximum Gasteiger partial charge on any atom is 0.141 e. The summed E-state index contributed by atoms with van der Waals surface area (Å²) >= 11 is 0. The van der Waals surface area contributed by atoms with Crippen LogP contribution in [0.2, 0.25) is 0 Å². The molecular weight excluding hydrogens is 259 g/mol. The fourth-order valence-corrected chi connectivity index (χ4v) is 1.84. The summed E-state index contributed by atoms with van der Waals surface area (Å²) in [6.45, 7) is 2.09. The SMILES string of the molecule is CC/C(=N/O)c1ccccc1OCc1cncc(F)c1. The second kappa shape index (κ2) is 6.65. The van der Waals surface area contributed by atoms with Crippen LogP contribution in [0, 0.1) is 5.82 Å². The number of rotatable bonds is 5. The van der Waals surface area contributed by atoms with Gasteiger partial charge in [-0.2, -0.15) is 0 Å². The van der Waals surface area contributed by atoms with Gasteiger partial charge in [-0.1, -0.05) is 24.2 Å². The third kappa shape index (κ3) is 3.32. The zero-order chi connectivity index (χ0) is 14.4. The van der Waals surface area contributed by atoms with Crippen molar-refractivity contribution < 1.29 is 14.3 Å². The van der Waals surface area contributed by atoms with Crippen molar-refractivity contribution in [1.82, 2.24) is 4.98 Å². The minimum atomic E-state index is -0.398. The average Bonchev–Trinajstić information content (AvgIpc) is 2.48. The predicted molar refractivity (Wildman–Crippen MR) is 73.6 cm³/mol. The average molecular weight is 274 g/mol. The highest BCUT2D eigenvalue weighted by Crippen LogP contribution is 2.21. The highest BCUT2D eigenvalue weighted by atomic mass is 19.1. The van der Waals surface area contributed by atoms with E-state index in [1.54, 1.807) is 12.3 Å². The van der Waals surface area contributed by atoms with E-state index >= 15 is 0 Å². The highest BCUT2D eigenvalue weighted by molar-refractivity contribution is 6.02. The number of ether oxygens (including phenoxy) is 1. The molecule has 0 radical (unpaired) electrons. The fourth-order valence-electron chi connectivity index (χ4n) is 1.84. The van der Waals surface area contributed by atoms with E-state index in [0.29, 0.717) is 23.4 Å². The van der Waals surface area contributed by atoms with Gasteiger partial charge >= 0.3 is 0 Å². The molecule has 1 aromatic heterocycles. The summed E-state index contributed by atoms with van der Waals surface area (Å²) in [4.78, 5) is 3.77. The molecule has 0 aliphatic rings. The van der Waals surface area contributed by atoms with Crippen molar-refractivity contribution >= 4 is 5.71 Å². The van der Waals surface area contributed by atoms with E-state index in [-0.39, 0.29) is 6.61 Å². The van der Waals surface area contributed by atoms with Crippen LogP contribution in [0.25, 0.3) is 0 Å². The van der Waals surface area contributed by atoms with Gasteiger partial charge in [0.2, 0.25) is 0 Å². The smallest absolute Gasteiger partial charge is 0.141 e. The Balaban J connectivity index is 2.18. The van der Waals surface area contributed by atoms with Crippen LogP contribution in [0.1, 0.15) is 24.5 Å². The Morgan fingerprint density at radius 3 is 2.85 bits per heavy atom. The van der Waals surface area contributed by atoms with Crippen molar-refractivity contribution in [2.45, 2.75) is 20.0 Å². The van der Waals surface area contributed by atoms with Crippen molar-refractivity contribution in [3.05, 3.63) is 59.7 Å². The van der Waals surface area contributed by atoms with E-state index in [1.165, 1.54) is 6.07 Å². The molecule has 0 aliphatic carbocycles. The molecule has 1 heterocycles. The van der Waals surface area contributed by atoms with E-state index in [4.69, 9.17) is 9.94 Å². The fraction of sp³-hybridized carbons (Fsp3) is 0.200. The number of nitrogens with zero attached hydrogens (tertiary/aromatic N) is 2. The van der Waals surface area contributed by atoms with Crippen LogP contribution in [0.4, 0.5) is 4.39 Å². The highest BCUT2D eigenvalue weighted by Gasteiger charge is 2.09. The van der Waals surface area contributed by atoms with Crippen LogP contribution in [0.3, 0.4) is 0 Å². The number of hydrogen-bond acceptors (Lipinski definition) is 4. The molecule has 0 saturated carbocycles. The molecule has 1 aromatic carbocycles. The third-order valence-corrected chi connectivity index (χ3v) is 2.81. The van der Waals surface area contributed by atoms with Gasteiger partial charge in [0.05, 0.1) is 11.9 Å². The molecule has 1 N–H and O–H groups in total. The van der Waals surface area contributed by atoms with Gasteiger partial charge in [-0.3, -0.25) is 4.98 Å². The van der Waals surface area contributed by atoms with Crippen molar-refractivity contribution in [2.24, 2.45) is 5.16 Å². The lowest BCUT2D eigenvalue weighted by molar-refractivity contribution is 0.302. The molecule has 0 amide bonds. The van der Waals surface area contributed by atoms with Crippen LogP contribution in [0.5, 0.6) is 5.75 Å². The molecular formula is C15H15FN2O2. The second-order valence-corrected chi connectivity index (χ2v) is 4.20. The topological polar surface area (TPSA) is 54.7 Å². The van der Waals surface area contributed by atoms with Gasteiger partial charge in [0.1, 0.15) is 18.2 Å². The maximum atomic E-state index is 13.0. The van der Waals surface area contributed by atoms with E-state index in [2.05, 4.69) is 10.1 Å². The summed E-state index contributed by atoms with van der Waals surface area (Å²) in [5, 5.41) is 12.3. The van der Waals surface area contributed by atoms with Crippen molar-refractivity contribution in [3.63, 3.8) is 0 Å². The Morgan fingerprint density at radius 1 is 1.35 bits per heavy atom. The quantitative estimate of drug-likeness (QED) is 0.516. The first kappa shape index (κ1) is 14.0. The summed E-state index contributed by atoms with van der Waals surface area (Å²) in [5.74, 6) is 0.192. The zero-order valence-corrected chi connectivity index (χ0v) is 11.1. The molecule has 0 fully saturated rings. The molecule has 4 nitrogen and oxygen atoms in total. The standard InChI is InChI=1S/C15H15FN2O2/c1-2-14(18-19)13-5-3-4-6-15(13)20-10-11-7-12(16)9-17-8-11/h3-9,19H,2,10H2,1H3/b18-14-. The third-order valence-electron chi connectivity index (χ3n) is 2.81. The molecule has 0 aliphatic heterocycles. The molecule has 2 rings (SSSR count). The number of benzene rings is 1. The molecule has 0 bridgehead atoms. The number of aromatic nitrogens is 1. The Bertz CT molecular complexity index is 614. The predicted octanol–water partition coefficient (Wildman–Crippen LogP) is 3.39. The van der Waals surface area contributed by atoms with Gasteiger partial charge in [-0.05, 0) is 24.6 Å². The molecule has 2 aromatic rings. The monoisotopic (exact) mass is 274 g/mol. The number of para-hydroxylation sites is 1. The van der Waals surface area contributed by atoms with Crippen molar-refractivity contribution in [1.29, 1.82) is 0 Å². The summed E-state index contributed by atoms with van der Waals surface area (Å²) in [6.07, 6.45) is 3.27. The first-order valence-corrected chi connectivity index (χ1v) is 6.27. The number of oxime groups is 1. The van der Waals surface area contributed by atoms with Gasteiger partial charge in [-0.25, -0.2) is 4.39 Å². The number of pyridine rings is 1. The minimum Gasteiger partial charge on any atom is -0.488 e.